The SMILES string of the molecule is Cc1ccc(C(=O)c2cc(C(C)(C)C)c(O)c(C(C)(C)C)c2)cc1. The Hall–Kier alpha value is -2.09. The first kappa shape index (κ1) is 18.3. The molecule has 128 valence electrons. The van der Waals surface area contributed by atoms with Crippen LogP contribution in [-0.4, -0.2) is 10.9 Å². The zero-order chi connectivity index (χ0) is 18.3. The quantitative estimate of drug-likeness (QED) is 0.738. The van der Waals surface area contributed by atoms with Crippen LogP contribution in [0.3, 0.4) is 0 Å². The largest absolute Gasteiger partial charge is 0.507 e. The number of benzene rings is 2. The molecule has 0 spiro atoms. The van der Waals surface area contributed by atoms with Gasteiger partial charge in [0.15, 0.2) is 5.78 Å². The summed E-state index contributed by atoms with van der Waals surface area (Å²) < 4.78 is 0. The van der Waals surface area contributed by atoms with E-state index in [1.54, 1.807) is 0 Å². The average molecular weight is 324 g/mol. The van der Waals surface area contributed by atoms with Crippen LogP contribution < -0.4 is 0 Å². The Balaban J connectivity index is 2.66. The van der Waals surface area contributed by atoms with Gasteiger partial charge in [-0.2, -0.15) is 0 Å². The summed E-state index contributed by atoms with van der Waals surface area (Å²) >= 11 is 0. The first-order valence-corrected chi connectivity index (χ1v) is 8.40. The third-order valence-electron chi connectivity index (χ3n) is 4.30. The third-order valence-corrected chi connectivity index (χ3v) is 4.30. The summed E-state index contributed by atoms with van der Waals surface area (Å²) in [5.74, 6) is 0.293. The number of ketones is 1. The summed E-state index contributed by atoms with van der Waals surface area (Å²) in [4.78, 5) is 12.9. The van der Waals surface area contributed by atoms with E-state index in [1.807, 2.05) is 43.3 Å². The number of aryl methyl sites for hydroxylation is 1. The van der Waals surface area contributed by atoms with Crippen LogP contribution in [0.1, 0.15) is 74.2 Å². The summed E-state index contributed by atoms with van der Waals surface area (Å²) in [6, 6.07) is 11.3. The van der Waals surface area contributed by atoms with Crippen LogP contribution in [0.15, 0.2) is 36.4 Å². The molecular formula is C22H28O2. The van der Waals surface area contributed by atoms with Gasteiger partial charge in [0, 0.05) is 22.3 Å². The number of phenols is 1. The molecule has 0 amide bonds. The molecule has 0 saturated heterocycles. The minimum absolute atomic E-state index is 0.00833. The van der Waals surface area contributed by atoms with E-state index < -0.39 is 0 Å². The molecule has 0 aromatic heterocycles. The van der Waals surface area contributed by atoms with Crippen molar-refractivity contribution in [3.63, 3.8) is 0 Å². The lowest BCUT2D eigenvalue weighted by molar-refractivity contribution is 0.103. The molecule has 0 aliphatic carbocycles. The number of carbonyl (C=O) groups is 1. The topological polar surface area (TPSA) is 37.3 Å². The van der Waals surface area contributed by atoms with Crippen LogP contribution in [0, 0.1) is 6.92 Å². The number of carbonyl (C=O) groups excluding carboxylic acids is 1. The Labute approximate surface area is 145 Å². The molecule has 0 heterocycles. The van der Waals surface area contributed by atoms with Crippen molar-refractivity contribution in [1.82, 2.24) is 0 Å². The number of hydrogen-bond acceptors (Lipinski definition) is 2. The van der Waals surface area contributed by atoms with Gasteiger partial charge in [0.1, 0.15) is 5.75 Å². The molecule has 0 atom stereocenters. The van der Waals surface area contributed by atoms with Gasteiger partial charge in [-0.15, -0.1) is 0 Å². The highest BCUT2D eigenvalue weighted by Crippen LogP contribution is 2.40. The van der Waals surface area contributed by atoms with Crippen LogP contribution in [-0.2, 0) is 10.8 Å². The standard InChI is InChI=1S/C22H28O2/c1-14-8-10-15(11-9-14)19(23)16-12-17(21(2,3)4)20(24)18(13-16)22(5,6)7/h8-13,24H,1-7H3. The normalized spacial score (nSPS) is 12.3. The Bertz CT molecular complexity index is 719. The lowest BCUT2D eigenvalue weighted by atomic mass is 9.77. The van der Waals surface area contributed by atoms with Crippen molar-refractivity contribution < 1.29 is 9.90 Å². The molecular weight excluding hydrogens is 296 g/mol. The second-order valence-electron chi connectivity index (χ2n) is 8.62. The molecule has 2 rings (SSSR count). The van der Waals surface area contributed by atoms with Crippen LogP contribution >= 0.6 is 0 Å². The van der Waals surface area contributed by atoms with Gasteiger partial charge in [-0.25, -0.2) is 0 Å². The molecule has 0 radical (unpaired) electrons. The van der Waals surface area contributed by atoms with Crippen molar-refractivity contribution in [3.8, 4) is 5.75 Å². The number of hydrogen-bond donors (Lipinski definition) is 1. The smallest absolute Gasteiger partial charge is 0.193 e. The zero-order valence-corrected chi connectivity index (χ0v) is 15.8. The maximum atomic E-state index is 12.9. The molecule has 2 nitrogen and oxygen atoms in total. The highest BCUT2D eigenvalue weighted by atomic mass is 16.3. The van der Waals surface area contributed by atoms with Gasteiger partial charge in [0.2, 0.25) is 0 Å². The van der Waals surface area contributed by atoms with Crippen molar-refractivity contribution in [2.24, 2.45) is 0 Å². The fraction of sp³-hybridized carbons (Fsp3) is 0.409. The van der Waals surface area contributed by atoms with Crippen molar-refractivity contribution in [3.05, 3.63) is 64.2 Å². The minimum Gasteiger partial charge on any atom is -0.507 e. The zero-order valence-electron chi connectivity index (χ0n) is 15.8. The molecule has 1 N–H and O–H groups in total. The molecule has 2 aromatic rings. The van der Waals surface area contributed by atoms with Gasteiger partial charge in [-0.3, -0.25) is 4.79 Å². The van der Waals surface area contributed by atoms with Crippen LogP contribution in [0.5, 0.6) is 5.75 Å². The summed E-state index contributed by atoms with van der Waals surface area (Å²) in [6.45, 7) is 14.3. The fourth-order valence-corrected chi connectivity index (χ4v) is 2.78. The summed E-state index contributed by atoms with van der Waals surface area (Å²) in [5.41, 5.74) is 3.57. The van der Waals surface area contributed by atoms with E-state index in [4.69, 9.17) is 0 Å². The fourth-order valence-electron chi connectivity index (χ4n) is 2.78. The molecule has 0 unspecified atom stereocenters. The minimum atomic E-state index is -0.242. The van der Waals surface area contributed by atoms with Crippen LogP contribution in [0.25, 0.3) is 0 Å². The molecule has 0 fully saturated rings. The monoisotopic (exact) mass is 324 g/mol. The lowest BCUT2D eigenvalue weighted by Gasteiger charge is -2.28. The van der Waals surface area contributed by atoms with Gasteiger partial charge in [0.25, 0.3) is 0 Å². The number of aromatic hydroxyl groups is 1. The van der Waals surface area contributed by atoms with E-state index in [2.05, 4.69) is 41.5 Å². The average Bonchev–Trinajstić information content (AvgIpc) is 2.45. The van der Waals surface area contributed by atoms with Gasteiger partial charge in [-0.1, -0.05) is 71.4 Å². The Morgan fingerprint density at radius 3 is 1.58 bits per heavy atom. The van der Waals surface area contributed by atoms with E-state index in [1.165, 1.54) is 0 Å². The summed E-state index contributed by atoms with van der Waals surface area (Å²) in [6.07, 6.45) is 0. The molecule has 2 aromatic carbocycles. The number of phenolic OH excluding ortho intramolecular Hbond substituents is 1. The predicted octanol–water partition coefficient (Wildman–Crippen LogP) is 5.53. The van der Waals surface area contributed by atoms with Crippen LogP contribution in [0.2, 0.25) is 0 Å². The maximum absolute atomic E-state index is 12.9. The van der Waals surface area contributed by atoms with Gasteiger partial charge >= 0.3 is 0 Å². The van der Waals surface area contributed by atoms with Crippen molar-refractivity contribution in [2.45, 2.75) is 59.3 Å². The molecule has 0 saturated carbocycles. The van der Waals surface area contributed by atoms with Gasteiger partial charge < -0.3 is 5.11 Å². The van der Waals surface area contributed by atoms with Crippen molar-refractivity contribution in [2.75, 3.05) is 0 Å². The highest BCUT2D eigenvalue weighted by molar-refractivity contribution is 6.09. The highest BCUT2D eigenvalue weighted by Gasteiger charge is 2.28. The van der Waals surface area contributed by atoms with E-state index in [0.717, 1.165) is 16.7 Å². The van der Waals surface area contributed by atoms with Gasteiger partial charge in [0.05, 0.1) is 0 Å². The maximum Gasteiger partial charge on any atom is 0.193 e. The lowest BCUT2D eigenvalue weighted by Crippen LogP contribution is -2.19. The second kappa shape index (κ2) is 6.08. The number of rotatable bonds is 2. The van der Waals surface area contributed by atoms with Crippen molar-refractivity contribution in [1.29, 1.82) is 0 Å². The molecule has 0 bridgehead atoms. The van der Waals surface area contributed by atoms with E-state index in [0.29, 0.717) is 16.9 Å². The Morgan fingerprint density at radius 1 is 0.792 bits per heavy atom. The molecule has 0 aliphatic heterocycles. The molecule has 24 heavy (non-hydrogen) atoms. The summed E-state index contributed by atoms with van der Waals surface area (Å²) in [7, 11) is 0. The molecule has 2 heteroatoms. The van der Waals surface area contributed by atoms with E-state index in [-0.39, 0.29) is 16.6 Å². The Kier molecular flexibility index (Phi) is 4.63. The van der Waals surface area contributed by atoms with E-state index in [9.17, 15) is 9.90 Å². The third kappa shape index (κ3) is 3.69. The first-order chi connectivity index (χ1) is 10.9. The van der Waals surface area contributed by atoms with Crippen LogP contribution in [0.4, 0.5) is 0 Å². The van der Waals surface area contributed by atoms with Crippen molar-refractivity contribution >= 4 is 5.78 Å². The first-order valence-electron chi connectivity index (χ1n) is 8.40. The van der Waals surface area contributed by atoms with E-state index >= 15 is 0 Å². The van der Waals surface area contributed by atoms with Gasteiger partial charge in [-0.05, 0) is 29.9 Å². The Morgan fingerprint density at radius 2 is 1.21 bits per heavy atom. The molecule has 0 aliphatic rings. The predicted molar refractivity (Wildman–Crippen MR) is 100 cm³/mol. The summed E-state index contributed by atoms with van der Waals surface area (Å²) in [5, 5.41) is 10.8. The second-order valence-corrected chi connectivity index (χ2v) is 8.62.